The van der Waals surface area contributed by atoms with Gasteiger partial charge in [-0.25, -0.2) is 4.98 Å². The second-order valence-electron chi connectivity index (χ2n) is 13.1. The van der Waals surface area contributed by atoms with Crippen LogP contribution in [0.5, 0.6) is 11.5 Å². The van der Waals surface area contributed by atoms with Crippen LogP contribution in [0.4, 0.5) is 11.4 Å². The number of hydrogen-bond acceptors (Lipinski definition) is 4. The smallest absolute Gasteiger partial charge is 0.143 e. The van der Waals surface area contributed by atoms with Gasteiger partial charge in [0.25, 0.3) is 0 Å². The summed E-state index contributed by atoms with van der Waals surface area (Å²) in [4.78, 5) is 11.7. The Kier molecular flexibility index (Phi) is 7.04. The monoisotopic (exact) mass is 590 g/mol. The number of para-hydroxylation sites is 1. The van der Waals surface area contributed by atoms with Gasteiger partial charge in [-0.3, -0.25) is 4.98 Å². The molecule has 6 aromatic rings. The molecule has 0 amide bonds. The highest BCUT2D eigenvalue weighted by atomic mass is 16.5. The van der Waals surface area contributed by atoms with Gasteiger partial charge in [-0.1, -0.05) is 62.7 Å². The Hall–Kier alpha value is -5.16. The van der Waals surface area contributed by atoms with E-state index in [2.05, 4.69) is 135 Å². The van der Waals surface area contributed by atoms with E-state index in [1.54, 1.807) is 0 Å². The first kappa shape index (κ1) is 28.6. The van der Waals surface area contributed by atoms with E-state index in [-0.39, 0.29) is 5.41 Å². The maximum atomic E-state index is 6.70. The predicted octanol–water partition coefficient (Wildman–Crippen LogP) is 10.4. The second kappa shape index (κ2) is 11.1. The highest BCUT2D eigenvalue weighted by molar-refractivity contribution is 5.84. The third kappa shape index (κ3) is 5.51. The summed E-state index contributed by atoms with van der Waals surface area (Å²) in [6.07, 6.45) is 5.81. The average Bonchev–Trinajstić information content (AvgIpc) is 3.49. The Labute approximate surface area is 265 Å². The minimum absolute atomic E-state index is 0.0411. The van der Waals surface area contributed by atoms with E-state index in [4.69, 9.17) is 9.72 Å². The molecule has 2 aromatic heterocycles. The van der Waals surface area contributed by atoms with Crippen LogP contribution in [0.25, 0.3) is 33.8 Å². The molecule has 0 spiro atoms. The molecular weight excluding hydrogens is 552 g/mol. The number of pyridine rings is 1. The van der Waals surface area contributed by atoms with Crippen molar-refractivity contribution in [2.75, 3.05) is 4.90 Å². The maximum Gasteiger partial charge on any atom is 0.143 e. The molecule has 0 aliphatic carbocycles. The molecule has 0 bridgehead atoms. The number of aromatic nitrogens is 3. The van der Waals surface area contributed by atoms with Crippen LogP contribution in [0, 0.1) is 20.8 Å². The summed E-state index contributed by atoms with van der Waals surface area (Å²) in [5.74, 6) is 2.54. The van der Waals surface area contributed by atoms with E-state index in [0.29, 0.717) is 6.67 Å². The molecule has 1 aliphatic rings. The van der Waals surface area contributed by atoms with Crippen LogP contribution in [-0.2, 0) is 12.1 Å². The van der Waals surface area contributed by atoms with Crippen LogP contribution in [0.2, 0.25) is 0 Å². The zero-order chi connectivity index (χ0) is 31.3. The van der Waals surface area contributed by atoms with Gasteiger partial charge in [-0.05, 0) is 103 Å². The molecule has 0 fully saturated rings. The summed E-state index contributed by atoms with van der Waals surface area (Å²) in [5.41, 5.74) is 12.7. The van der Waals surface area contributed by atoms with Crippen LogP contribution in [-0.4, -0.2) is 14.5 Å². The second-order valence-corrected chi connectivity index (χ2v) is 13.1. The van der Waals surface area contributed by atoms with Crippen molar-refractivity contribution in [3.8, 4) is 45.3 Å². The Balaban J connectivity index is 1.33. The summed E-state index contributed by atoms with van der Waals surface area (Å²) < 4.78 is 8.90. The summed E-state index contributed by atoms with van der Waals surface area (Å²) in [6, 6.07) is 32.1. The number of rotatable bonds is 5. The van der Waals surface area contributed by atoms with Gasteiger partial charge in [0, 0.05) is 41.5 Å². The molecule has 0 N–H and O–H groups in total. The molecule has 3 heterocycles. The minimum atomic E-state index is 0.0411. The molecule has 4 aromatic carbocycles. The normalized spacial score (nSPS) is 12.5. The van der Waals surface area contributed by atoms with Crippen LogP contribution < -0.4 is 9.64 Å². The van der Waals surface area contributed by atoms with Crippen LogP contribution in [0.15, 0.2) is 110 Å². The van der Waals surface area contributed by atoms with Gasteiger partial charge < -0.3 is 14.2 Å². The van der Waals surface area contributed by atoms with Gasteiger partial charge in [0.2, 0.25) is 0 Å². The fourth-order valence-electron chi connectivity index (χ4n) is 6.50. The molecule has 1 aliphatic heterocycles. The lowest BCUT2D eigenvalue weighted by Crippen LogP contribution is -2.26. The lowest BCUT2D eigenvalue weighted by atomic mass is 9.87. The topological polar surface area (TPSA) is 43.2 Å². The number of hydrogen-bond donors (Lipinski definition) is 0. The van der Waals surface area contributed by atoms with Crippen LogP contribution in [0.3, 0.4) is 0 Å². The molecule has 0 atom stereocenters. The van der Waals surface area contributed by atoms with Gasteiger partial charge in [0.15, 0.2) is 0 Å². The van der Waals surface area contributed by atoms with E-state index >= 15 is 0 Å². The Bertz CT molecular complexity index is 2030. The van der Waals surface area contributed by atoms with Crippen LogP contribution in [0.1, 0.15) is 43.0 Å². The molecule has 5 nitrogen and oxygen atoms in total. The number of ether oxygens (including phenoxy) is 1. The predicted molar refractivity (Wildman–Crippen MR) is 184 cm³/mol. The summed E-state index contributed by atoms with van der Waals surface area (Å²) in [5, 5.41) is 0. The van der Waals surface area contributed by atoms with Gasteiger partial charge in [-0.15, -0.1) is 0 Å². The van der Waals surface area contributed by atoms with E-state index in [0.717, 1.165) is 51.1 Å². The lowest BCUT2D eigenvalue weighted by Gasteiger charge is -2.32. The number of imidazole rings is 1. The largest absolute Gasteiger partial charge is 0.457 e. The average molecular weight is 591 g/mol. The number of benzene rings is 4. The molecule has 7 rings (SSSR count). The van der Waals surface area contributed by atoms with Crippen molar-refractivity contribution in [1.29, 1.82) is 0 Å². The number of fused-ring (bicyclic) bond motifs is 3. The fraction of sp³-hybridized carbons (Fsp3) is 0.200. The highest BCUT2D eigenvalue weighted by Crippen LogP contribution is 2.43. The fourth-order valence-corrected chi connectivity index (χ4v) is 6.50. The third-order valence-corrected chi connectivity index (χ3v) is 8.61. The van der Waals surface area contributed by atoms with Crippen molar-refractivity contribution in [3.63, 3.8) is 0 Å². The van der Waals surface area contributed by atoms with Crippen molar-refractivity contribution in [1.82, 2.24) is 14.5 Å². The van der Waals surface area contributed by atoms with Gasteiger partial charge >= 0.3 is 0 Å². The maximum absolute atomic E-state index is 6.70. The third-order valence-electron chi connectivity index (χ3n) is 8.61. The first-order valence-corrected chi connectivity index (χ1v) is 15.5. The minimum Gasteiger partial charge on any atom is -0.457 e. The summed E-state index contributed by atoms with van der Waals surface area (Å²) in [7, 11) is 0. The Morgan fingerprint density at radius 3 is 2.29 bits per heavy atom. The molecule has 0 unspecified atom stereocenters. The van der Waals surface area contributed by atoms with Gasteiger partial charge in [0.1, 0.15) is 24.0 Å². The molecular formula is C40H38N4O. The Morgan fingerprint density at radius 1 is 0.711 bits per heavy atom. The van der Waals surface area contributed by atoms with E-state index in [1.807, 2.05) is 30.7 Å². The molecule has 0 saturated heterocycles. The summed E-state index contributed by atoms with van der Waals surface area (Å²) in [6.45, 7) is 13.9. The van der Waals surface area contributed by atoms with Crippen molar-refractivity contribution < 1.29 is 4.74 Å². The SMILES string of the molecule is Cc1cc(C)c(-c2cc(Oc3cccc(-c4cc(C(C)(C)C)ccn4)c3)cc(N3Cn4ccnc4-c4ccccc43)c2)c(C)c1. The molecule has 224 valence electrons. The lowest BCUT2D eigenvalue weighted by molar-refractivity contribution is 0.483. The zero-order valence-corrected chi connectivity index (χ0v) is 26.8. The summed E-state index contributed by atoms with van der Waals surface area (Å²) >= 11 is 0. The van der Waals surface area contributed by atoms with Crippen molar-refractivity contribution in [2.45, 2.75) is 53.6 Å². The molecule has 5 heteroatoms. The molecule has 0 saturated carbocycles. The standard InChI is InChI=1S/C40H38N4O/c1-26-18-27(2)38(28(3)19-26)30-20-32(44-25-43-17-16-42-39(43)35-12-7-8-13-37(35)44)24-34(22-30)45-33-11-9-10-29(21-33)36-23-31(14-15-41-36)40(4,5)6/h7-24H,25H2,1-6H3. The quantitative estimate of drug-likeness (QED) is 0.200. The van der Waals surface area contributed by atoms with Gasteiger partial charge in [0.05, 0.1) is 11.4 Å². The number of aryl methyl sites for hydroxylation is 3. The first-order chi connectivity index (χ1) is 21.6. The zero-order valence-electron chi connectivity index (χ0n) is 26.8. The number of anilines is 2. The number of nitrogens with zero attached hydrogens (tertiary/aromatic N) is 4. The van der Waals surface area contributed by atoms with E-state index in [1.165, 1.54) is 27.8 Å². The van der Waals surface area contributed by atoms with Crippen molar-refractivity contribution >= 4 is 11.4 Å². The van der Waals surface area contributed by atoms with Crippen molar-refractivity contribution in [3.05, 3.63) is 132 Å². The first-order valence-electron chi connectivity index (χ1n) is 15.5. The molecule has 0 radical (unpaired) electrons. The molecule has 45 heavy (non-hydrogen) atoms. The van der Waals surface area contributed by atoms with E-state index < -0.39 is 0 Å². The van der Waals surface area contributed by atoms with Crippen molar-refractivity contribution in [2.24, 2.45) is 0 Å². The van der Waals surface area contributed by atoms with Gasteiger partial charge in [-0.2, -0.15) is 0 Å². The van der Waals surface area contributed by atoms with E-state index in [9.17, 15) is 0 Å². The van der Waals surface area contributed by atoms with Crippen LogP contribution >= 0.6 is 0 Å². The Morgan fingerprint density at radius 2 is 1.49 bits per heavy atom. The highest BCUT2D eigenvalue weighted by Gasteiger charge is 2.25.